The van der Waals surface area contributed by atoms with Crippen LogP contribution in [0.25, 0.3) is 0 Å². The van der Waals surface area contributed by atoms with Crippen molar-refractivity contribution in [3.63, 3.8) is 0 Å². The fourth-order valence-corrected chi connectivity index (χ4v) is 1.57. The topological polar surface area (TPSA) is 9.23 Å². The van der Waals surface area contributed by atoms with E-state index < -0.39 is 0 Å². The van der Waals surface area contributed by atoms with Gasteiger partial charge in [0.2, 0.25) is 0 Å². The standard InChI is InChI=1S/C13H9BrFO/c14-11-6-7-13(12(15)8-11)16-9-10-4-2-1-3-5-10/h1-9H. The molecular formula is C13H9BrFO. The number of hydrogen-bond acceptors (Lipinski definition) is 1. The zero-order valence-corrected chi connectivity index (χ0v) is 9.95. The first-order chi connectivity index (χ1) is 7.75. The molecule has 2 aromatic carbocycles. The van der Waals surface area contributed by atoms with Crippen molar-refractivity contribution in [2.24, 2.45) is 0 Å². The highest BCUT2D eigenvalue weighted by Gasteiger charge is 2.04. The van der Waals surface area contributed by atoms with Gasteiger partial charge in [0.25, 0.3) is 0 Å². The second-order valence-electron chi connectivity index (χ2n) is 3.22. The molecule has 0 aliphatic heterocycles. The minimum absolute atomic E-state index is 0.215. The highest BCUT2D eigenvalue weighted by atomic mass is 79.9. The molecule has 0 spiro atoms. The lowest BCUT2D eigenvalue weighted by molar-refractivity contribution is 0.398. The van der Waals surface area contributed by atoms with E-state index >= 15 is 0 Å². The number of hydrogen-bond donors (Lipinski definition) is 0. The number of halogens is 2. The van der Waals surface area contributed by atoms with Gasteiger partial charge in [-0.2, -0.15) is 0 Å². The number of benzene rings is 2. The van der Waals surface area contributed by atoms with Crippen molar-refractivity contribution in [2.75, 3.05) is 0 Å². The summed E-state index contributed by atoms with van der Waals surface area (Å²) in [5.41, 5.74) is 0.893. The van der Waals surface area contributed by atoms with Crippen LogP contribution in [-0.4, -0.2) is 0 Å². The molecule has 2 rings (SSSR count). The van der Waals surface area contributed by atoms with E-state index in [4.69, 9.17) is 4.74 Å². The molecule has 0 aliphatic carbocycles. The summed E-state index contributed by atoms with van der Waals surface area (Å²) in [6, 6.07) is 14.2. The average molecular weight is 280 g/mol. The van der Waals surface area contributed by atoms with Gasteiger partial charge >= 0.3 is 0 Å². The van der Waals surface area contributed by atoms with E-state index in [-0.39, 0.29) is 11.6 Å². The lowest BCUT2D eigenvalue weighted by Crippen LogP contribution is -1.94. The van der Waals surface area contributed by atoms with Crippen LogP contribution in [0.15, 0.2) is 53.0 Å². The van der Waals surface area contributed by atoms with Gasteiger partial charge in [0, 0.05) is 4.47 Å². The fraction of sp³-hybridized carbons (Fsp3) is 0. The predicted molar refractivity (Wildman–Crippen MR) is 64.6 cm³/mol. The van der Waals surface area contributed by atoms with E-state index in [0.29, 0.717) is 4.47 Å². The SMILES string of the molecule is Fc1cc(Br)ccc1O[CH]c1ccccc1. The van der Waals surface area contributed by atoms with Crippen LogP contribution >= 0.6 is 15.9 Å². The van der Waals surface area contributed by atoms with E-state index in [0.717, 1.165) is 5.56 Å². The molecule has 0 amide bonds. The smallest absolute Gasteiger partial charge is 0.166 e. The Hall–Kier alpha value is -1.35. The Balaban J connectivity index is 2.05. The van der Waals surface area contributed by atoms with Crippen LogP contribution in [-0.2, 0) is 0 Å². The summed E-state index contributed by atoms with van der Waals surface area (Å²) in [5.74, 6) is -0.173. The van der Waals surface area contributed by atoms with Gasteiger partial charge in [-0.25, -0.2) is 4.39 Å². The fourth-order valence-electron chi connectivity index (χ4n) is 1.23. The first kappa shape index (κ1) is 11.1. The Bertz CT molecular complexity index is 471. The van der Waals surface area contributed by atoms with Gasteiger partial charge in [-0.3, -0.25) is 0 Å². The molecule has 0 fully saturated rings. The number of rotatable bonds is 3. The van der Waals surface area contributed by atoms with Crippen molar-refractivity contribution in [1.82, 2.24) is 0 Å². The first-order valence-corrected chi connectivity index (χ1v) is 5.55. The lowest BCUT2D eigenvalue weighted by Gasteiger charge is -2.06. The molecule has 16 heavy (non-hydrogen) atoms. The maximum absolute atomic E-state index is 13.4. The van der Waals surface area contributed by atoms with Crippen LogP contribution in [0.5, 0.6) is 5.75 Å². The Labute approximate surface area is 102 Å². The first-order valence-electron chi connectivity index (χ1n) is 4.76. The summed E-state index contributed by atoms with van der Waals surface area (Å²) in [4.78, 5) is 0. The molecule has 0 aliphatic rings. The quantitative estimate of drug-likeness (QED) is 0.819. The Kier molecular flexibility index (Phi) is 3.57. The van der Waals surface area contributed by atoms with Gasteiger partial charge in [0.05, 0.1) is 0 Å². The normalized spacial score (nSPS) is 10.1. The van der Waals surface area contributed by atoms with Gasteiger partial charge < -0.3 is 4.74 Å². The Morgan fingerprint density at radius 1 is 1.06 bits per heavy atom. The molecule has 2 aromatic rings. The van der Waals surface area contributed by atoms with Crippen LogP contribution in [0, 0.1) is 12.4 Å². The van der Waals surface area contributed by atoms with Crippen LogP contribution in [0.2, 0.25) is 0 Å². The maximum atomic E-state index is 13.4. The molecule has 0 heterocycles. The predicted octanol–water partition coefficient (Wildman–Crippen LogP) is 4.18. The summed E-state index contributed by atoms with van der Waals surface area (Å²) < 4.78 is 19.3. The molecule has 0 saturated heterocycles. The molecule has 1 nitrogen and oxygen atoms in total. The van der Waals surface area contributed by atoms with Gasteiger partial charge in [0.15, 0.2) is 18.2 Å². The van der Waals surface area contributed by atoms with Crippen LogP contribution in [0.1, 0.15) is 5.56 Å². The highest BCUT2D eigenvalue weighted by molar-refractivity contribution is 9.10. The van der Waals surface area contributed by atoms with E-state index in [9.17, 15) is 4.39 Å². The largest absolute Gasteiger partial charge is 0.478 e. The molecule has 81 valence electrons. The van der Waals surface area contributed by atoms with Gasteiger partial charge in [-0.05, 0) is 23.8 Å². The molecule has 0 N–H and O–H groups in total. The zero-order valence-electron chi connectivity index (χ0n) is 8.36. The van der Waals surface area contributed by atoms with E-state index in [2.05, 4.69) is 15.9 Å². The number of ether oxygens (including phenoxy) is 1. The van der Waals surface area contributed by atoms with Crippen LogP contribution in [0.4, 0.5) is 4.39 Å². The average Bonchev–Trinajstić information content (AvgIpc) is 2.29. The third kappa shape index (κ3) is 2.83. The maximum Gasteiger partial charge on any atom is 0.166 e. The Morgan fingerprint density at radius 3 is 2.50 bits per heavy atom. The van der Waals surface area contributed by atoms with E-state index in [1.807, 2.05) is 30.3 Å². The van der Waals surface area contributed by atoms with E-state index in [1.54, 1.807) is 12.1 Å². The molecule has 0 aromatic heterocycles. The van der Waals surface area contributed by atoms with Crippen molar-refractivity contribution in [3.8, 4) is 5.75 Å². The van der Waals surface area contributed by atoms with Gasteiger partial charge in [-0.1, -0.05) is 46.3 Å². The third-order valence-corrected chi connectivity index (χ3v) is 2.51. The lowest BCUT2D eigenvalue weighted by atomic mass is 10.2. The summed E-state index contributed by atoms with van der Waals surface area (Å²) in [6.45, 7) is 1.52. The van der Waals surface area contributed by atoms with Gasteiger partial charge in [0.1, 0.15) is 0 Å². The van der Waals surface area contributed by atoms with Crippen molar-refractivity contribution in [1.29, 1.82) is 0 Å². The minimum Gasteiger partial charge on any atom is -0.478 e. The molecule has 0 bridgehead atoms. The second kappa shape index (κ2) is 5.12. The molecule has 0 unspecified atom stereocenters. The van der Waals surface area contributed by atoms with Crippen LogP contribution < -0.4 is 4.74 Å². The third-order valence-electron chi connectivity index (χ3n) is 2.02. The van der Waals surface area contributed by atoms with Crippen molar-refractivity contribution >= 4 is 15.9 Å². The van der Waals surface area contributed by atoms with E-state index in [1.165, 1.54) is 12.7 Å². The van der Waals surface area contributed by atoms with Gasteiger partial charge in [-0.15, -0.1) is 0 Å². The summed E-state index contributed by atoms with van der Waals surface area (Å²) in [5, 5.41) is 0. The molecule has 0 atom stereocenters. The second-order valence-corrected chi connectivity index (χ2v) is 4.14. The molecule has 3 heteroatoms. The van der Waals surface area contributed by atoms with Crippen molar-refractivity contribution < 1.29 is 9.13 Å². The summed E-state index contributed by atoms with van der Waals surface area (Å²) in [6.07, 6.45) is 0. The highest BCUT2D eigenvalue weighted by Crippen LogP contribution is 2.22. The minimum atomic E-state index is -0.387. The zero-order chi connectivity index (χ0) is 11.4. The summed E-state index contributed by atoms with van der Waals surface area (Å²) >= 11 is 3.19. The van der Waals surface area contributed by atoms with Crippen molar-refractivity contribution in [2.45, 2.75) is 0 Å². The van der Waals surface area contributed by atoms with Crippen molar-refractivity contribution in [3.05, 3.63) is 71.0 Å². The molecular weight excluding hydrogens is 271 g/mol. The van der Waals surface area contributed by atoms with Crippen LogP contribution in [0.3, 0.4) is 0 Å². The molecule has 0 saturated carbocycles. The molecule has 1 radical (unpaired) electrons. The summed E-state index contributed by atoms with van der Waals surface area (Å²) in [7, 11) is 0. The Morgan fingerprint density at radius 2 is 1.81 bits per heavy atom. The monoisotopic (exact) mass is 279 g/mol.